The fraction of sp³-hybridized carbons (Fsp3) is 0.312. The Balaban J connectivity index is 2.12. The van der Waals surface area contributed by atoms with Gasteiger partial charge in [0, 0.05) is 12.6 Å². The van der Waals surface area contributed by atoms with Crippen molar-refractivity contribution >= 4 is 11.7 Å². The van der Waals surface area contributed by atoms with Crippen LogP contribution in [-0.4, -0.2) is 21.9 Å². The van der Waals surface area contributed by atoms with Crippen molar-refractivity contribution in [2.45, 2.75) is 26.3 Å². The van der Waals surface area contributed by atoms with Crippen LogP contribution in [0.3, 0.4) is 0 Å². The van der Waals surface area contributed by atoms with Crippen LogP contribution in [0.5, 0.6) is 0 Å². The number of hydrogen-bond donors (Lipinski definition) is 2. The Hall–Kier alpha value is -2.43. The molecule has 2 aromatic rings. The molecule has 1 aromatic heterocycles. The summed E-state index contributed by atoms with van der Waals surface area (Å²) in [6.07, 6.45) is 2.34. The smallest absolute Gasteiger partial charge is 0.240 e. The fourth-order valence-electron chi connectivity index (χ4n) is 2.07. The number of nitrogens with zero attached hydrogens (tertiary/aromatic N) is 2. The summed E-state index contributed by atoms with van der Waals surface area (Å²) in [5, 5.41) is 3.08. The number of anilines is 1. The maximum atomic E-state index is 11.4. The first-order valence-electron chi connectivity index (χ1n) is 6.98. The number of nitrogens with one attached hydrogen (secondary N) is 1. The quantitative estimate of drug-likeness (QED) is 0.850. The van der Waals surface area contributed by atoms with Crippen molar-refractivity contribution in [3.05, 3.63) is 54.0 Å². The van der Waals surface area contributed by atoms with E-state index in [1.807, 2.05) is 44.2 Å². The number of nitrogens with two attached hydrogens (primary N) is 1. The first-order chi connectivity index (χ1) is 10.1. The molecular weight excluding hydrogens is 264 g/mol. The summed E-state index contributed by atoms with van der Waals surface area (Å²) in [5.41, 5.74) is 6.55. The van der Waals surface area contributed by atoms with Gasteiger partial charge in [-0.3, -0.25) is 4.79 Å². The monoisotopic (exact) mass is 284 g/mol. The number of primary amides is 1. The van der Waals surface area contributed by atoms with Crippen LogP contribution in [0, 0.1) is 5.92 Å². The van der Waals surface area contributed by atoms with Crippen LogP contribution in [0.25, 0.3) is 0 Å². The molecule has 110 valence electrons. The molecule has 1 unspecified atom stereocenters. The van der Waals surface area contributed by atoms with Crippen LogP contribution in [0.1, 0.15) is 25.2 Å². The van der Waals surface area contributed by atoms with Gasteiger partial charge in [-0.05, 0) is 17.5 Å². The van der Waals surface area contributed by atoms with Gasteiger partial charge in [0.05, 0.1) is 0 Å². The third-order valence-electron chi connectivity index (χ3n) is 3.19. The van der Waals surface area contributed by atoms with Crippen LogP contribution in [0.15, 0.2) is 42.6 Å². The van der Waals surface area contributed by atoms with E-state index in [-0.39, 0.29) is 11.8 Å². The zero-order valence-electron chi connectivity index (χ0n) is 12.3. The topological polar surface area (TPSA) is 80.9 Å². The van der Waals surface area contributed by atoms with Crippen molar-refractivity contribution in [3.8, 4) is 0 Å². The average molecular weight is 284 g/mol. The molecule has 0 radical (unpaired) electrons. The lowest BCUT2D eigenvalue weighted by molar-refractivity contribution is -0.119. The van der Waals surface area contributed by atoms with Crippen LogP contribution < -0.4 is 11.1 Å². The van der Waals surface area contributed by atoms with Crippen molar-refractivity contribution < 1.29 is 4.79 Å². The van der Waals surface area contributed by atoms with Gasteiger partial charge in [-0.1, -0.05) is 44.2 Å². The summed E-state index contributed by atoms with van der Waals surface area (Å²) >= 11 is 0. The number of amides is 1. The van der Waals surface area contributed by atoms with E-state index in [0.29, 0.717) is 18.1 Å². The molecule has 1 aromatic carbocycles. The zero-order chi connectivity index (χ0) is 15.2. The molecule has 2 rings (SSSR count). The molecule has 3 N–H and O–H groups in total. The van der Waals surface area contributed by atoms with Gasteiger partial charge in [0.25, 0.3) is 0 Å². The Labute approximate surface area is 124 Å². The first kappa shape index (κ1) is 15.0. The Morgan fingerprint density at radius 3 is 2.57 bits per heavy atom. The van der Waals surface area contributed by atoms with E-state index in [4.69, 9.17) is 5.73 Å². The molecule has 1 amide bonds. The first-order valence-corrected chi connectivity index (χ1v) is 6.98. The molecule has 0 aliphatic carbocycles. The maximum Gasteiger partial charge on any atom is 0.240 e. The van der Waals surface area contributed by atoms with Gasteiger partial charge >= 0.3 is 0 Å². The van der Waals surface area contributed by atoms with Gasteiger partial charge < -0.3 is 11.1 Å². The number of carbonyl (C=O) groups is 1. The van der Waals surface area contributed by atoms with E-state index < -0.39 is 6.04 Å². The minimum absolute atomic E-state index is 0.0926. The molecule has 5 heteroatoms. The molecule has 0 fully saturated rings. The SMILES string of the molecule is CC(C)C(Nc1ccnc(Cc2ccccc2)n1)C(N)=O. The standard InChI is InChI=1S/C16H20N4O/c1-11(2)15(16(17)21)20-13-8-9-18-14(19-13)10-12-6-4-3-5-7-12/h3-9,11,15H,10H2,1-2H3,(H2,17,21)(H,18,19,20). The number of rotatable bonds is 6. The minimum Gasteiger partial charge on any atom is -0.368 e. The molecule has 21 heavy (non-hydrogen) atoms. The van der Waals surface area contributed by atoms with E-state index in [9.17, 15) is 4.79 Å². The minimum atomic E-state index is -0.440. The molecule has 1 atom stereocenters. The predicted octanol–water partition coefficient (Wildman–Crippen LogP) is 1.99. The third kappa shape index (κ3) is 4.27. The summed E-state index contributed by atoms with van der Waals surface area (Å²) in [6.45, 7) is 3.88. The maximum absolute atomic E-state index is 11.4. The van der Waals surface area contributed by atoms with E-state index in [0.717, 1.165) is 5.56 Å². The lowest BCUT2D eigenvalue weighted by atomic mass is 10.0. The molecule has 1 heterocycles. The van der Waals surface area contributed by atoms with Gasteiger partial charge in [-0.15, -0.1) is 0 Å². The summed E-state index contributed by atoms with van der Waals surface area (Å²) in [5.74, 6) is 1.04. The van der Waals surface area contributed by atoms with E-state index in [1.165, 1.54) is 0 Å². The molecule has 0 spiro atoms. The van der Waals surface area contributed by atoms with E-state index in [2.05, 4.69) is 15.3 Å². The molecular formula is C16H20N4O. The second-order valence-corrected chi connectivity index (χ2v) is 5.29. The Morgan fingerprint density at radius 1 is 1.24 bits per heavy atom. The third-order valence-corrected chi connectivity index (χ3v) is 3.19. The largest absolute Gasteiger partial charge is 0.368 e. The summed E-state index contributed by atoms with van der Waals surface area (Å²) in [6, 6.07) is 11.3. The molecule has 5 nitrogen and oxygen atoms in total. The highest BCUT2D eigenvalue weighted by molar-refractivity contribution is 5.82. The number of benzene rings is 1. The lowest BCUT2D eigenvalue weighted by Gasteiger charge is -2.19. The van der Waals surface area contributed by atoms with Gasteiger partial charge in [0.15, 0.2) is 0 Å². The van der Waals surface area contributed by atoms with Crippen molar-refractivity contribution in [1.29, 1.82) is 0 Å². The van der Waals surface area contributed by atoms with Gasteiger partial charge in [-0.25, -0.2) is 9.97 Å². The van der Waals surface area contributed by atoms with E-state index in [1.54, 1.807) is 12.3 Å². The van der Waals surface area contributed by atoms with Crippen LogP contribution in [0.2, 0.25) is 0 Å². The van der Waals surface area contributed by atoms with Crippen molar-refractivity contribution in [2.75, 3.05) is 5.32 Å². The zero-order valence-corrected chi connectivity index (χ0v) is 12.3. The number of hydrogen-bond acceptors (Lipinski definition) is 4. The van der Waals surface area contributed by atoms with Crippen molar-refractivity contribution in [1.82, 2.24) is 9.97 Å². The highest BCUT2D eigenvalue weighted by atomic mass is 16.1. The van der Waals surface area contributed by atoms with Crippen LogP contribution in [-0.2, 0) is 11.2 Å². The fourth-order valence-corrected chi connectivity index (χ4v) is 2.07. The molecule has 0 saturated heterocycles. The number of carbonyl (C=O) groups excluding carboxylic acids is 1. The Kier molecular flexibility index (Phi) is 4.87. The normalized spacial score (nSPS) is 12.1. The van der Waals surface area contributed by atoms with Crippen molar-refractivity contribution in [3.63, 3.8) is 0 Å². The summed E-state index contributed by atoms with van der Waals surface area (Å²) in [4.78, 5) is 20.1. The Bertz CT molecular complexity index is 598. The van der Waals surface area contributed by atoms with Gasteiger partial charge in [0.2, 0.25) is 5.91 Å². The summed E-state index contributed by atoms with van der Waals surface area (Å²) in [7, 11) is 0. The highest BCUT2D eigenvalue weighted by Crippen LogP contribution is 2.12. The molecule has 0 aliphatic rings. The second kappa shape index (κ2) is 6.83. The van der Waals surface area contributed by atoms with Gasteiger partial charge in [-0.2, -0.15) is 0 Å². The highest BCUT2D eigenvalue weighted by Gasteiger charge is 2.19. The second-order valence-electron chi connectivity index (χ2n) is 5.29. The molecule has 0 saturated carbocycles. The number of aromatic nitrogens is 2. The Morgan fingerprint density at radius 2 is 1.95 bits per heavy atom. The average Bonchev–Trinajstić information content (AvgIpc) is 2.45. The lowest BCUT2D eigenvalue weighted by Crippen LogP contribution is -2.39. The van der Waals surface area contributed by atoms with Crippen molar-refractivity contribution in [2.24, 2.45) is 11.7 Å². The van der Waals surface area contributed by atoms with Gasteiger partial charge in [0.1, 0.15) is 17.7 Å². The van der Waals surface area contributed by atoms with Crippen LogP contribution >= 0.6 is 0 Å². The molecule has 0 bridgehead atoms. The predicted molar refractivity (Wildman–Crippen MR) is 82.7 cm³/mol. The summed E-state index contributed by atoms with van der Waals surface area (Å²) < 4.78 is 0. The molecule has 0 aliphatic heterocycles. The van der Waals surface area contributed by atoms with Crippen LogP contribution in [0.4, 0.5) is 5.82 Å². The van der Waals surface area contributed by atoms with E-state index >= 15 is 0 Å².